The molecule has 0 fully saturated rings. The summed E-state index contributed by atoms with van der Waals surface area (Å²) in [6.07, 6.45) is 11.8. The summed E-state index contributed by atoms with van der Waals surface area (Å²) in [6, 6.07) is 23.4. The third kappa shape index (κ3) is 12.7. The van der Waals surface area contributed by atoms with Crippen LogP contribution in [0.25, 0.3) is 44.1 Å². The highest BCUT2D eigenvalue weighted by molar-refractivity contribution is 5.97. The third-order valence-electron chi connectivity index (χ3n) is 10.4. The highest BCUT2D eigenvalue weighted by atomic mass is 19.1. The Bertz CT molecular complexity index is 2150. The first-order valence-electron chi connectivity index (χ1n) is 21.9. The van der Waals surface area contributed by atoms with Crippen LogP contribution in [0.15, 0.2) is 85.2 Å². The number of fused-ring (bicyclic) bond motifs is 2. The van der Waals surface area contributed by atoms with Crippen LogP contribution in [-0.2, 0) is 37.3 Å². The number of Topliss-reactive ketones (excluding diaryl/α,β-unsaturated/α-hetero) is 1. The number of nitrogens with zero attached hydrogens (tertiary/aromatic N) is 1. The lowest BCUT2D eigenvalue weighted by Gasteiger charge is -2.20. The molecule has 6 aromatic rings. The van der Waals surface area contributed by atoms with E-state index in [0.717, 1.165) is 109 Å². The number of nitrogens with one attached hydrogen (secondary N) is 3. The number of carbonyl (C=O) groups is 1. The fourth-order valence-electron chi connectivity index (χ4n) is 7.90. The Morgan fingerprint density at radius 2 is 1.33 bits per heavy atom. The molecule has 0 aliphatic rings. The lowest BCUT2D eigenvalue weighted by Crippen LogP contribution is -2.12. The zero-order valence-electron chi connectivity index (χ0n) is 37.0. The molecule has 316 valence electrons. The maximum Gasteiger partial charge on any atom is 0.129 e. The number of hydrogen-bond acceptors (Lipinski definition) is 3. The normalized spacial score (nSPS) is 11.3. The Kier molecular flexibility index (Phi) is 20.6. The number of halogens is 2. The van der Waals surface area contributed by atoms with Crippen molar-refractivity contribution < 1.29 is 15.0 Å². The molecule has 3 N–H and O–H groups in total. The van der Waals surface area contributed by atoms with Gasteiger partial charge >= 0.3 is 0 Å². The van der Waals surface area contributed by atoms with Gasteiger partial charge in [-0.25, -0.2) is 8.78 Å². The summed E-state index contributed by atoms with van der Waals surface area (Å²) >= 11 is 0. The van der Waals surface area contributed by atoms with E-state index in [0.29, 0.717) is 12.3 Å². The van der Waals surface area contributed by atoms with E-state index < -0.39 is 0 Å². The molecule has 0 aliphatic carbocycles. The lowest BCUT2D eigenvalue weighted by molar-refractivity contribution is -0.117. The van der Waals surface area contributed by atoms with Crippen LogP contribution in [0, 0.1) is 17.6 Å². The largest absolute Gasteiger partial charge is 0.360 e. The molecular formula is C51H72F2N4O. The van der Waals surface area contributed by atoms with Crippen LogP contribution in [-0.4, -0.2) is 29.4 Å². The van der Waals surface area contributed by atoms with Crippen LogP contribution in [0.1, 0.15) is 118 Å². The first kappa shape index (κ1) is 47.8. The summed E-state index contributed by atoms with van der Waals surface area (Å²) in [7, 11) is 3.94. The highest BCUT2D eigenvalue weighted by Gasteiger charge is 2.17. The Morgan fingerprint density at radius 3 is 1.97 bits per heavy atom. The molecule has 2 aromatic heterocycles. The van der Waals surface area contributed by atoms with Crippen LogP contribution in [0.2, 0.25) is 0 Å². The molecular weight excluding hydrogens is 723 g/mol. The van der Waals surface area contributed by atoms with E-state index in [1.54, 1.807) is 25.1 Å². The van der Waals surface area contributed by atoms with Crippen molar-refractivity contribution in [1.29, 1.82) is 0 Å². The molecule has 0 radical (unpaired) electrons. The van der Waals surface area contributed by atoms with Crippen molar-refractivity contribution in [3.63, 3.8) is 0 Å². The Hall–Kier alpha value is -4.59. The molecule has 0 saturated carbocycles. The van der Waals surface area contributed by atoms with Gasteiger partial charge in [-0.3, -0.25) is 0 Å². The van der Waals surface area contributed by atoms with E-state index in [2.05, 4.69) is 69.7 Å². The Labute approximate surface area is 349 Å². The molecule has 7 heteroatoms. The first-order chi connectivity index (χ1) is 28.3. The number of carbonyl (C=O) groups excluding carboxylic acids is 1. The number of aryl methyl sites for hydroxylation is 2. The van der Waals surface area contributed by atoms with Gasteiger partial charge in [-0.2, -0.15) is 0 Å². The quantitative estimate of drug-likeness (QED) is 0.0812. The van der Waals surface area contributed by atoms with Gasteiger partial charge in [-0.05, 0) is 141 Å². The smallest absolute Gasteiger partial charge is 0.129 e. The van der Waals surface area contributed by atoms with Crippen LogP contribution in [0.4, 0.5) is 8.78 Å². The summed E-state index contributed by atoms with van der Waals surface area (Å²) in [4.78, 5) is 14.8. The molecule has 1 atom stereocenters. The van der Waals surface area contributed by atoms with Gasteiger partial charge in [0, 0.05) is 67.3 Å². The van der Waals surface area contributed by atoms with E-state index in [9.17, 15) is 13.6 Å². The summed E-state index contributed by atoms with van der Waals surface area (Å²) in [5.74, 6) is 0.289. The van der Waals surface area contributed by atoms with Gasteiger partial charge in [-0.1, -0.05) is 85.6 Å². The van der Waals surface area contributed by atoms with Gasteiger partial charge in [0.25, 0.3) is 0 Å². The number of rotatable bonds is 18. The summed E-state index contributed by atoms with van der Waals surface area (Å²) in [5.41, 5.74) is 11.3. The second-order valence-corrected chi connectivity index (χ2v) is 14.4. The lowest BCUT2D eigenvalue weighted by atomic mass is 9.87. The monoisotopic (exact) mass is 795 g/mol. The molecule has 2 heterocycles. The molecule has 5 nitrogen and oxygen atoms in total. The highest BCUT2D eigenvalue weighted by Crippen LogP contribution is 2.35. The average Bonchev–Trinajstić information content (AvgIpc) is 3.82. The number of ketones is 1. The molecule has 0 amide bonds. The van der Waals surface area contributed by atoms with Crippen LogP contribution >= 0.6 is 0 Å². The van der Waals surface area contributed by atoms with Gasteiger partial charge in [0.05, 0.1) is 5.52 Å². The zero-order valence-corrected chi connectivity index (χ0v) is 37.0. The number of hydrogen-bond donors (Lipinski definition) is 3. The first-order valence-corrected chi connectivity index (χ1v) is 21.9. The summed E-state index contributed by atoms with van der Waals surface area (Å²) in [5, 5.41) is 8.75. The molecule has 0 bridgehead atoms. The second-order valence-electron chi connectivity index (χ2n) is 14.4. The topological polar surface area (TPSA) is 61.9 Å². The van der Waals surface area contributed by atoms with Gasteiger partial charge in [0.15, 0.2) is 0 Å². The molecule has 58 heavy (non-hydrogen) atoms. The minimum Gasteiger partial charge on any atom is -0.360 e. The van der Waals surface area contributed by atoms with E-state index >= 15 is 0 Å². The van der Waals surface area contributed by atoms with Crippen molar-refractivity contribution in [3.05, 3.63) is 119 Å². The molecule has 0 saturated heterocycles. The summed E-state index contributed by atoms with van der Waals surface area (Å²) in [6.45, 7) is 18.3. The van der Waals surface area contributed by atoms with Crippen molar-refractivity contribution in [3.8, 4) is 22.3 Å². The van der Waals surface area contributed by atoms with Gasteiger partial charge < -0.3 is 25.0 Å². The molecule has 6 rings (SSSR count). The predicted octanol–water partition coefficient (Wildman–Crippen LogP) is 13.8. The predicted molar refractivity (Wildman–Crippen MR) is 248 cm³/mol. The van der Waals surface area contributed by atoms with E-state index in [4.69, 9.17) is 0 Å². The molecule has 0 aliphatic heterocycles. The maximum atomic E-state index is 14.7. The Morgan fingerprint density at radius 1 is 0.724 bits per heavy atom. The fraction of sp³-hybridized carbons (Fsp3) is 0.431. The van der Waals surface area contributed by atoms with Crippen molar-refractivity contribution in [2.24, 2.45) is 5.92 Å². The van der Waals surface area contributed by atoms with Crippen molar-refractivity contribution >= 4 is 27.6 Å². The SMILES string of the molecule is CC.CC.CC.CCCC(CCCn1cc(-c2ccc(CCCC(C)=O)c(CNC)c2)c2ccc(F)cc21)Cc1ccc(-c2c[nH]c3cc(F)ccc23)cc1CNC.[HH]. The Balaban J connectivity index is 0.00000164. The molecule has 1 unspecified atom stereocenters. The minimum absolute atomic E-state index is 0. The van der Waals surface area contributed by atoms with E-state index in [-0.39, 0.29) is 18.8 Å². The van der Waals surface area contributed by atoms with Gasteiger partial charge in [0.2, 0.25) is 0 Å². The van der Waals surface area contributed by atoms with E-state index in [1.165, 1.54) is 28.3 Å². The average molecular weight is 795 g/mol. The zero-order chi connectivity index (χ0) is 42.6. The minimum atomic E-state index is -0.241. The van der Waals surface area contributed by atoms with Crippen LogP contribution < -0.4 is 10.6 Å². The van der Waals surface area contributed by atoms with Gasteiger partial charge in [-0.15, -0.1) is 0 Å². The third-order valence-corrected chi connectivity index (χ3v) is 10.4. The molecule has 0 spiro atoms. The number of H-pyrrole nitrogens is 1. The van der Waals surface area contributed by atoms with Crippen molar-refractivity contribution in [1.82, 2.24) is 20.2 Å². The number of aromatic amines is 1. The molecule has 4 aromatic carbocycles. The van der Waals surface area contributed by atoms with Crippen molar-refractivity contribution in [2.45, 2.75) is 126 Å². The summed E-state index contributed by atoms with van der Waals surface area (Å²) < 4.78 is 30.7. The van der Waals surface area contributed by atoms with Crippen LogP contribution in [0.3, 0.4) is 0 Å². The van der Waals surface area contributed by atoms with E-state index in [1.807, 2.05) is 74.0 Å². The van der Waals surface area contributed by atoms with Crippen LogP contribution in [0.5, 0.6) is 0 Å². The standard InChI is InChI=1S/C45H52F2N4O.3C2H6.H2/c1-5-8-31(21-33-13-15-34(22-37(33)27-49-4)42-28-50-44-24-38(46)16-18-40(42)44)10-7-20-51-29-43(41-19-17-39(47)25-45(41)51)35-14-12-32(11-6-9-30(2)52)36(23-35)26-48-3;3*1-2;/h12-19,22-25,28-29,31,48-50H,5-11,20-21,26-27H2,1-4H3;3*1-2H3;1H. The van der Waals surface area contributed by atoms with Crippen molar-refractivity contribution in [2.75, 3.05) is 14.1 Å². The number of benzene rings is 4. The number of aromatic nitrogens is 2. The maximum absolute atomic E-state index is 14.7. The fourth-order valence-corrected chi connectivity index (χ4v) is 7.90. The van der Waals surface area contributed by atoms with Gasteiger partial charge in [0.1, 0.15) is 17.4 Å². The second kappa shape index (κ2) is 25.0.